The molecule has 2 aromatic heterocycles. The number of fused-ring (bicyclic) bond motifs is 1. The third-order valence-corrected chi connectivity index (χ3v) is 5.10. The molecule has 0 saturated heterocycles. The number of aromatic nitrogens is 4. The van der Waals surface area contributed by atoms with Crippen LogP contribution in [0.2, 0.25) is 5.02 Å². The number of carbonyl (C=O) groups excluding carboxylic acids is 1. The SMILES string of the molecule is CSc1nc2nc(C)c(CC(=O)Nc3ccc(N(C)C)c(Cl)c3)c(C)n2n1. The molecule has 0 aliphatic heterocycles. The second kappa shape index (κ2) is 7.74. The number of nitrogens with zero attached hydrogens (tertiary/aromatic N) is 5. The first kappa shape index (κ1) is 19.4. The van der Waals surface area contributed by atoms with Crippen LogP contribution in [0.25, 0.3) is 5.78 Å². The van der Waals surface area contributed by atoms with Gasteiger partial charge in [-0.2, -0.15) is 4.98 Å². The number of anilines is 2. The van der Waals surface area contributed by atoms with Crippen molar-refractivity contribution in [1.82, 2.24) is 19.6 Å². The molecule has 3 aromatic rings. The summed E-state index contributed by atoms with van der Waals surface area (Å²) in [5.74, 6) is 0.408. The number of amides is 1. The first-order valence-electron chi connectivity index (χ1n) is 8.33. The van der Waals surface area contributed by atoms with Gasteiger partial charge in [-0.05, 0) is 38.3 Å². The van der Waals surface area contributed by atoms with E-state index >= 15 is 0 Å². The highest BCUT2D eigenvalue weighted by Crippen LogP contribution is 2.27. The number of thioether (sulfide) groups is 1. The first-order valence-corrected chi connectivity index (χ1v) is 9.94. The van der Waals surface area contributed by atoms with Crippen LogP contribution in [-0.2, 0) is 11.2 Å². The summed E-state index contributed by atoms with van der Waals surface area (Å²) in [6.07, 6.45) is 2.11. The smallest absolute Gasteiger partial charge is 0.253 e. The van der Waals surface area contributed by atoms with Crippen molar-refractivity contribution in [3.8, 4) is 0 Å². The highest BCUT2D eigenvalue weighted by Gasteiger charge is 2.16. The Kier molecular flexibility index (Phi) is 5.57. The van der Waals surface area contributed by atoms with E-state index in [9.17, 15) is 4.79 Å². The average Bonchev–Trinajstić information content (AvgIpc) is 3.01. The van der Waals surface area contributed by atoms with Gasteiger partial charge in [-0.3, -0.25) is 4.79 Å². The molecule has 9 heteroatoms. The van der Waals surface area contributed by atoms with Crippen molar-refractivity contribution >= 4 is 46.4 Å². The summed E-state index contributed by atoms with van der Waals surface area (Å²) in [5.41, 5.74) is 4.03. The Hall–Kier alpha value is -2.32. The molecule has 142 valence electrons. The molecule has 0 saturated carbocycles. The number of rotatable bonds is 5. The Morgan fingerprint density at radius 3 is 2.67 bits per heavy atom. The van der Waals surface area contributed by atoms with Crippen LogP contribution in [0, 0.1) is 13.8 Å². The summed E-state index contributed by atoms with van der Waals surface area (Å²) in [4.78, 5) is 23.3. The van der Waals surface area contributed by atoms with E-state index in [-0.39, 0.29) is 12.3 Å². The van der Waals surface area contributed by atoms with Crippen LogP contribution in [0.5, 0.6) is 0 Å². The second-order valence-electron chi connectivity index (χ2n) is 6.36. The molecule has 0 unspecified atom stereocenters. The molecule has 0 bridgehead atoms. The van der Waals surface area contributed by atoms with Crippen LogP contribution in [0.1, 0.15) is 17.0 Å². The number of nitrogens with one attached hydrogen (secondary N) is 1. The largest absolute Gasteiger partial charge is 0.376 e. The van der Waals surface area contributed by atoms with Gasteiger partial charge < -0.3 is 10.2 Å². The summed E-state index contributed by atoms with van der Waals surface area (Å²) in [6.45, 7) is 3.80. The molecular weight excluding hydrogens is 384 g/mol. The Bertz CT molecular complexity index is 1020. The topological polar surface area (TPSA) is 75.4 Å². The zero-order valence-corrected chi connectivity index (χ0v) is 17.4. The summed E-state index contributed by atoms with van der Waals surface area (Å²) in [6, 6.07) is 5.46. The van der Waals surface area contributed by atoms with E-state index in [1.54, 1.807) is 10.6 Å². The summed E-state index contributed by atoms with van der Waals surface area (Å²) >= 11 is 7.73. The summed E-state index contributed by atoms with van der Waals surface area (Å²) in [7, 11) is 3.83. The molecule has 1 aromatic carbocycles. The van der Waals surface area contributed by atoms with Gasteiger partial charge in [0.15, 0.2) is 0 Å². The van der Waals surface area contributed by atoms with Gasteiger partial charge in [0.25, 0.3) is 5.78 Å². The third-order valence-electron chi connectivity index (χ3n) is 4.26. The molecular formula is C18H21ClN6OS. The van der Waals surface area contributed by atoms with Gasteiger partial charge in [-0.25, -0.2) is 9.50 Å². The maximum Gasteiger partial charge on any atom is 0.253 e. The van der Waals surface area contributed by atoms with Crippen molar-refractivity contribution in [2.45, 2.75) is 25.4 Å². The number of hydrogen-bond donors (Lipinski definition) is 1. The van der Waals surface area contributed by atoms with Crippen LogP contribution in [-0.4, -0.2) is 45.8 Å². The standard InChI is InChI=1S/C18H21ClN6OS/c1-10-13(11(2)25-17(20-10)22-18(23-25)27-5)9-16(26)21-12-6-7-15(24(3)4)14(19)8-12/h6-8H,9H2,1-5H3,(H,21,26). The van der Waals surface area contributed by atoms with E-state index in [2.05, 4.69) is 20.4 Å². The van der Waals surface area contributed by atoms with Crippen molar-refractivity contribution in [3.63, 3.8) is 0 Å². The Balaban J connectivity index is 1.82. The minimum atomic E-state index is -0.138. The van der Waals surface area contributed by atoms with Crippen LogP contribution >= 0.6 is 23.4 Å². The quantitative estimate of drug-likeness (QED) is 0.657. The van der Waals surface area contributed by atoms with Gasteiger partial charge in [0.2, 0.25) is 11.1 Å². The van der Waals surface area contributed by atoms with E-state index in [1.807, 2.05) is 51.2 Å². The molecule has 2 heterocycles. The molecule has 1 amide bonds. The van der Waals surface area contributed by atoms with Crippen LogP contribution in [0.4, 0.5) is 11.4 Å². The van der Waals surface area contributed by atoms with Gasteiger partial charge in [0.05, 0.1) is 17.1 Å². The van der Waals surface area contributed by atoms with Crippen molar-refractivity contribution < 1.29 is 4.79 Å². The number of halogens is 1. The van der Waals surface area contributed by atoms with Crippen molar-refractivity contribution in [1.29, 1.82) is 0 Å². The van der Waals surface area contributed by atoms with Crippen LogP contribution in [0.3, 0.4) is 0 Å². The fourth-order valence-corrected chi connectivity index (χ4v) is 3.53. The lowest BCUT2D eigenvalue weighted by atomic mass is 10.1. The molecule has 0 atom stereocenters. The number of hydrogen-bond acceptors (Lipinski definition) is 6. The number of benzene rings is 1. The molecule has 0 radical (unpaired) electrons. The summed E-state index contributed by atoms with van der Waals surface area (Å²) in [5, 5.41) is 8.55. The predicted octanol–water partition coefficient (Wildman–Crippen LogP) is 3.36. The van der Waals surface area contributed by atoms with Gasteiger partial charge in [-0.15, -0.1) is 5.10 Å². The van der Waals surface area contributed by atoms with Gasteiger partial charge in [-0.1, -0.05) is 23.4 Å². The second-order valence-corrected chi connectivity index (χ2v) is 7.54. The Morgan fingerprint density at radius 2 is 2.04 bits per heavy atom. The normalized spacial score (nSPS) is 11.0. The molecule has 7 nitrogen and oxygen atoms in total. The molecule has 0 spiro atoms. The molecule has 3 rings (SSSR count). The van der Waals surface area contributed by atoms with Crippen molar-refractivity contribution in [2.75, 3.05) is 30.6 Å². The van der Waals surface area contributed by atoms with Gasteiger partial charge in [0, 0.05) is 36.7 Å². The van der Waals surface area contributed by atoms with Gasteiger partial charge in [0.1, 0.15) is 0 Å². The molecule has 0 aliphatic carbocycles. The Morgan fingerprint density at radius 1 is 1.30 bits per heavy atom. The zero-order valence-electron chi connectivity index (χ0n) is 15.9. The third kappa shape index (κ3) is 4.01. The summed E-state index contributed by atoms with van der Waals surface area (Å²) < 4.78 is 1.68. The van der Waals surface area contributed by atoms with Gasteiger partial charge >= 0.3 is 0 Å². The lowest BCUT2D eigenvalue weighted by Gasteiger charge is -2.15. The maximum absolute atomic E-state index is 12.6. The highest BCUT2D eigenvalue weighted by atomic mass is 35.5. The lowest BCUT2D eigenvalue weighted by Crippen LogP contribution is -2.18. The number of carbonyl (C=O) groups is 1. The van der Waals surface area contributed by atoms with E-state index < -0.39 is 0 Å². The molecule has 27 heavy (non-hydrogen) atoms. The minimum absolute atomic E-state index is 0.138. The highest BCUT2D eigenvalue weighted by molar-refractivity contribution is 7.98. The van der Waals surface area contributed by atoms with Crippen LogP contribution in [0.15, 0.2) is 23.4 Å². The molecule has 0 fully saturated rings. The monoisotopic (exact) mass is 404 g/mol. The lowest BCUT2D eigenvalue weighted by molar-refractivity contribution is -0.115. The maximum atomic E-state index is 12.6. The zero-order chi connectivity index (χ0) is 19.7. The molecule has 0 aliphatic rings. The van der Waals surface area contributed by atoms with E-state index in [0.717, 1.165) is 22.6 Å². The van der Waals surface area contributed by atoms with E-state index in [1.165, 1.54) is 11.8 Å². The average molecular weight is 405 g/mol. The predicted molar refractivity (Wildman–Crippen MR) is 110 cm³/mol. The van der Waals surface area contributed by atoms with Crippen molar-refractivity contribution in [3.05, 3.63) is 40.2 Å². The van der Waals surface area contributed by atoms with E-state index in [0.29, 0.717) is 21.6 Å². The Labute approximate surface area is 167 Å². The first-order chi connectivity index (χ1) is 12.8. The van der Waals surface area contributed by atoms with Crippen LogP contribution < -0.4 is 10.2 Å². The molecule has 1 N–H and O–H groups in total. The number of aryl methyl sites for hydroxylation is 2. The van der Waals surface area contributed by atoms with E-state index in [4.69, 9.17) is 11.6 Å². The van der Waals surface area contributed by atoms with Crippen molar-refractivity contribution in [2.24, 2.45) is 0 Å². The fourth-order valence-electron chi connectivity index (χ4n) is 2.85. The minimum Gasteiger partial charge on any atom is -0.376 e. The fraction of sp³-hybridized carbons (Fsp3) is 0.333.